The van der Waals surface area contributed by atoms with E-state index >= 15 is 0 Å². The summed E-state index contributed by atoms with van der Waals surface area (Å²) in [7, 11) is 1.59. The highest BCUT2D eigenvalue weighted by Gasteiger charge is 2.43. The first-order valence-corrected chi connectivity index (χ1v) is 9.82. The lowest BCUT2D eigenvalue weighted by Crippen LogP contribution is -2.45. The van der Waals surface area contributed by atoms with Gasteiger partial charge in [0, 0.05) is 11.5 Å². The van der Waals surface area contributed by atoms with Gasteiger partial charge < -0.3 is 24.8 Å². The van der Waals surface area contributed by atoms with Crippen LogP contribution in [0.1, 0.15) is 34.0 Å². The average molecular weight is 408 g/mol. The Kier molecular flexibility index (Phi) is 5.57. The zero-order valence-electron chi connectivity index (χ0n) is 16.8. The number of aliphatic hydroxyl groups is 2. The maximum Gasteiger partial charge on any atom is 0.257 e. The molecule has 0 saturated heterocycles. The second-order valence-electron chi connectivity index (χ2n) is 7.50. The van der Waals surface area contributed by atoms with Crippen molar-refractivity contribution >= 4 is 5.91 Å². The number of hydrogen-bond donors (Lipinski definition) is 3. The summed E-state index contributed by atoms with van der Waals surface area (Å²) in [4.78, 5) is 13.2. The fourth-order valence-corrected chi connectivity index (χ4v) is 4.06. The van der Waals surface area contributed by atoms with Gasteiger partial charge in [-0.05, 0) is 31.0 Å². The normalized spacial score (nSPS) is 23.3. The van der Waals surface area contributed by atoms with E-state index in [4.69, 9.17) is 9.26 Å². The maximum absolute atomic E-state index is 13.2. The molecule has 1 aliphatic rings. The molecule has 7 heteroatoms. The van der Waals surface area contributed by atoms with Gasteiger partial charge in [0.1, 0.15) is 28.9 Å². The van der Waals surface area contributed by atoms with Crippen molar-refractivity contribution in [2.45, 2.75) is 37.5 Å². The van der Waals surface area contributed by atoms with Gasteiger partial charge in [-0.15, -0.1) is 0 Å². The number of benzene rings is 2. The van der Waals surface area contributed by atoms with Gasteiger partial charge in [-0.2, -0.15) is 0 Å². The number of aryl methyl sites for hydroxylation is 1. The van der Waals surface area contributed by atoms with Gasteiger partial charge >= 0.3 is 0 Å². The molecule has 1 fully saturated rings. The number of rotatable bonds is 5. The van der Waals surface area contributed by atoms with Crippen molar-refractivity contribution in [3.05, 3.63) is 71.5 Å². The number of methoxy groups -OCH3 is 1. The van der Waals surface area contributed by atoms with Crippen LogP contribution in [0.4, 0.5) is 0 Å². The predicted octanol–water partition coefficient (Wildman–Crippen LogP) is 2.67. The zero-order chi connectivity index (χ0) is 21.3. The number of carbonyl (C=O) groups is 1. The van der Waals surface area contributed by atoms with Crippen LogP contribution in [-0.2, 0) is 0 Å². The zero-order valence-corrected chi connectivity index (χ0v) is 16.8. The molecule has 0 spiro atoms. The van der Waals surface area contributed by atoms with Crippen molar-refractivity contribution in [1.82, 2.24) is 10.5 Å². The van der Waals surface area contributed by atoms with Crippen molar-refractivity contribution in [3.63, 3.8) is 0 Å². The fraction of sp³-hybridized carbons (Fsp3) is 0.304. The maximum atomic E-state index is 13.2. The summed E-state index contributed by atoms with van der Waals surface area (Å²) < 4.78 is 10.5. The Morgan fingerprint density at radius 2 is 1.83 bits per heavy atom. The molecule has 3 N–H and O–H groups in total. The first-order chi connectivity index (χ1) is 14.5. The molecule has 1 saturated carbocycles. The lowest BCUT2D eigenvalue weighted by atomic mass is 9.93. The molecule has 2 aromatic carbocycles. The largest absolute Gasteiger partial charge is 0.497 e. The molecule has 7 nitrogen and oxygen atoms in total. The highest BCUT2D eigenvalue weighted by atomic mass is 16.5. The van der Waals surface area contributed by atoms with Crippen LogP contribution in [0.3, 0.4) is 0 Å². The van der Waals surface area contributed by atoms with Crippen LogP contribution in [0, 0.1) is 6.92 Å². The number of amides is 1. The molecule has 4 rings (SSSR count). The summed E-state index contributed by atoms with van der Waals surface area (Å²) in [5.74, 6) is 0.459. The number of ether oxygens (including phenoxy) is 1. The Bertz CT molecular complexity index is 1020. The van der Waals surface area contributed by atoms with Crippen LogP contribution in [-0.4, -0.2) is 46.6 Å². The van der Waals surface area contributed by atoms with Gasteiger partial charge in [-0.25, -0.2) is 0 Å². The number of nitrogens with zero attached hydrogens (tertiary/aromatic N) is 1. The molecule has 4 atom stereocenters. The Morgan fingerprint density at radius 1 is 1.13 bits per heavy atom. The average Bonchev–Trinajstić information content (AvgIpc) is 3.29. The van der Waals surface area contributed by atoms with Crippen molar-refractivity contribution in [2.24, 2.45) is 0 Å². The predicted molar refractivity (Wildman–Crippen MR) is 110 cm³/mol. The summed E-state index contributed by atoms with van der Waals surface area (Å²) in [6.45, 7) is 1.68. The number of aromatic nitrogens is 1. The Hall–Kier alpha value is -3.16. The van der Waals surface area contributed by atoms with Crippen LogP contribution < -0.4 is 10.1 Å². The Balaban J connectivity index is 1.62. The van der Waals surface area contributed by atoms with E-state index in [0.29, 0.717) is 29.2 Å². The van der Waals surface area contributed by atoms with Crippen LogP contribution in [0.5, 0.6) is 5.75 Å². The van der Waals surface area contributed by atoms with Crippen molar-refractivity contribution in [1.29, 1.82) is 0 Å². The van der Waals surface area contributed by atoms with Crippen molar-refractivity contribution < 1.29 is 24.3 Å². The third-order valence-electron chi connectivity index (χ3n) is 5.67. The second-order valence-corrected chi connectivity index (χ2v) is 7.50. The molecule has 30 heavy (non-hydrogen) atoms. The molecule has 1 aliphatic carbocycles. The molecule has 0 unspecified atom stereocenters. The van der Waals surface area contributed by atoms with Crippen LogP contribution in [0.15, 0.2) is 59.1 Å². The van der Waals surface area contributed by atoms with E-state index < -0.39 is 24.2 Å². The Labute approximate surface area is 174 Å². The second kappa shape index (κ2) is 8.30. The molecular weight excluding hydrogens is 384 g/mol. The summed E-state index contributed by atoms with van der Waals surface area (Å²) in [6, 6.07) is 16.1. The number of carbonyl (C=O) groups excluding carboxylic acids is 1. The quantitative estimate of drug-likeness (QED) is 0.600. The number of aliphatic hydroxyl groups excluding tert-OH is 2. The van der Waals surface area contributed by atoms with Crippen LogP contribution in [0.2, 0.25) is 0 Å². The lowest BCUT2D eigenvalue weighted by molar-refractivity contribution is 0.0294. The molecule has 0 aliphatic heterocycles. The van der Waals surface area contributed by atoms with Gasteiger partial charge in [-0.3, -0.25) is 4.79 Å². The topological polar surface area (TPSA) is 105 Å². The minimum absolute atomic E-state index is 0.245. The highest BCUT2D eigenvalue weighted by Crippen LogP contribution is 2.36. The third-order valence-corrected chi connectivity index (χ3v) is 5.67. The highest BCUT2D eigenvalue weighted by molar-refractivity contribution is 6.01. The summed E-state index contributed by atoms with van der Waals surface area (Å²) >= 11 is 0. The van der Waals surface area contributed by atoms with Gasteiger partial charge in [0.25, 0.3) is 5.91 Å². The van der Waals surface area contributed by atoms with Crippen molar-refractivity contribution in [2.75, 3.05) is 7.11 Å². The number of nitrogens with one attached hydrogen (secondary N) is 1. The van der Waals surface area contributed by atoms with Gasteiger partial charge in [-0.1, -0.05) is 47.6 Å². The molecular formula is C23H24N2O5. The van der Waals surface area contributed by atoms with E-state index in [1.165, 1.54) is 0 Å². The molecule has 1 aromatic heterocycles. The minimum Gasteiger partial charge on any atom is -0.497 e. The smallest absolute Gasteiger partial charge is 0.257 e. The SMILES string of the molecule is COc1ccc([C@H]2C[C@@H](O)[C@@H](O)[C@@H]2NC(=O)c2c(-c3ccccc3)noc2C)cc1. The van der Waals surface area contributed by atoms with E-state index in [1.807, 2.05) is 54.6 Å². The molecule has 0 radical (unpaired) electrons. The van der Waals surface area contributed by atoms with E-state index in [-0.39, 0.29) is 5.92 Å². The Morgan fingerprint density at radius 3 is 2.50 bits per heavy atom. The van der Waals surface area contributed by atoms with E-state index in [0.717, 1.165) is 11.1 Å². The molecule has 156 valence electrons. The van der Waals surface area contributed by atoms with E-state index in [9.17, 15) is 15.0 Å². The van der Waals surface area contributed by atoms with Crippen LogP contribution in [0.25, 0.3) is 11.3 Å². The molecule has 1 amide bonds. The van der Waals surface area contributed by atoms with E-state index in [2.05, 4.69) is 10.5 Å². The molecule has 3 aromatic rings. The third kappa shape index (κ3) is 3.69. The van der Waals surface area contributed by atoms with Crippen molar-refractivity contribution in [3.8, 4) is 17.0 Å². The first kappa shape index (κ1) is 20.1. The fourth-order valence-electron chi connectivity index (χ4n) is 4.06. The molecule has 0 bridgehead atoms. The minimum atomic E-state index is -1.08. The van der Waals surface area contributed by atoms with E-state index in [1.54, 1.807) is 14.0 Å². The van der Waals surface area contributed by atoms with Gasteiger partial charge in [0.2, 0.25) is 0 Å². The summed E-state index contributed by atoms with van der Waals surface area (Å²) in [5, 5.41) is 27.8. The van der Waals surface area contributed by atoms with Crippen LogP contribution >= 0.6 is 0 Å². The number of hydrogen-bond acceptors (Lipinski definition) is 6. The van der Waals surface area contributed by atoms with Gasteiger partial charge in [0.05, 0.1) is 19.3 Å². The summed E-state index contributed by atoms with van der Waals surface area (Å²) in [6.07, 6.45) is -1.67. The lowest BCUT2D eigenvalue weighted by Gasteiger charge is -2.24. The first-order valence-electron chi connectivity index (χ1n) is 9.82. The molecule has 1 heterocycles. The van der Waals surface area contributed by atoms with Gasteiger partial charge in [0.15, 0.2) is 0 Å². The summed E-state index contributed by atoms with van der Waals surface area (Å²) in [5.41, 5.74) is 2.43. The monoisotopic (exact) mass is 408 g/mol. The standard InChI is InChI=1S/C23H24N2O5/c1-13-19(20(25-30-13)15-6-4-3-5-7-15)23(28)24-21-17(12-18(26)22(21)27)14-8-10-16(29-2)11-9-14/h3-11,17-18,21-22,26-27H,12H2,1-2H3,(H,24,28)/t17-,18-,21-,22-/m1/s1.